The van der Waals surface area contributed by atoms with Gasteiger partial charge in [-0.05, 0) is 51.8 Å². The van der Waals surface area contributed by atoms with Gasteiger partial charge >= 0.3 is 0 Å². The third-order valence-electron chi connectivity index (χ3n) is 4.83. The van der Waals surface area contributed by atoms with Crippen molar-refractivity contribution in [3.05, 3.63) is 18.2 Å². The number of hydrogen-bond acceptors (Lipinski definition) is 6. The molecule has 0 aromatic heterocycles. The van der Waals surface area contributed by atoms with E-state index in [9.17, 15) is 13.2 Å². The zero-order valence-corrected chi connectivity index (χ0v) is 18.6. The fourth-order valence-corrected chi connectivity index (χ4v) is 4.53. The van der Waals surface area contributed by atoms with Crippen molar-refractivity contribution in [2.24, 2.45) is 0 Å². The molecule has 1 aliphatic heterocycles. The quantitative estimate of drug-likeness (QED) is 0.541. The second kappa shape index (κ2) is 10.8. The van der Waals surface area contributed by atoms with Crippen molar-refractivity contribution in [2.45, 2.75) is 44.0 Å². The Bertz CT molecular complexity index is 782. The molecule has 1 amide bonds. The summed E-state index contributed by atoms with van der Waals surface area (Å²) in [7, 11) is -0.123. The van der Waals surface area contributed by atoms with Crippen LogP contribution in [0.1, 0.15) is 33.1 Å². The standard InChI is InChI=1S/C20H33N3O5S/c1-5-27-18-11-10-16(15-19(18)28-6-2)29(25,26)21-12-8-14-23-13-7-9-17(23)20(24)22(3)4/h10-11,15,17,21H,5-9,12-14H2,1-4H3. The predicted octanol–water partition coefficient (Wildman–Crippen LogP) is 1.71. The Kier molecular flexibility index (Phi) is 8.73. The Labute approximate surface area is 174 Å². The van der Waals surface area contributed by atoms with E-state index in [1.165, 1.54) is 12.1 Å². The summed E-state index contributed by atoms with van der Waals surface area (Å²) in [5, 5.41) is 0. The van der Waals surface area contributed by atoms with Gasteiger partial charge in [-0.25, -0.2) is 13.1 Å². The third kappa shape index (κ3) is 6.32. The van der Waals surface area contributed by atoms with Gasteiger partial charge in [-0.2, -0.15) is 0 Å². The number of rotatable bonds is 11. The van der Waals surface area contributed by atoms with Crippen LogP contribution in [0.2, 0.25) is 0 Å². The Balaban J connectivity index is 1.93. The number of carbonyl (C=O) groups is 1. The summed E-state index contributed by atoms with van der Waals surface area (Å²) in [6, 6.07) is 4.53. The maximum absolute atomic E-state index is 12.6. The molecule has 1 N–H and O–H groups in total. The van der Waals surface area contributed by atoms with Gasteiger partial charge in [-0.1, -0.05) is 0 Å². The molecular formula is C20H33N3O5S. The highest BCUT2D eigenvalue weighted by atomic mass is 32.2. The molecule has 1 heterocycles. The molecule has 29 heavy (non-hydrogen) atoms. The van der Waals surface area contributed by atoms with Crippen molar-refractivity contribution in [1.29, 1.82) is 0 Å². The molecule has 1 atom stereocenters. The number of ether oxygens (including phenoxy) is 2. The molecule has 164 valence electrons. The number of likely N-dealkylation sites (tertiary alicyclic amines) is 1. The Morgan fingerprint density at radius 1 is 1.21 bits per heavy atom. The fraction of sp³-hybridized carbons (Fsp3) is 0.650. The van der Waals surface area contributed by atoms with Crippen LogP contribution in [-0.2, 0) is 14.8 Å². The van der Waals surface area contributed by atoms with Gasteiger partial charge in [0.2, 0.25) is 15.9 Å². The van der Waals surface area contributed by atoms with Crippen LogP contribution >= 0.6 is 0 Å². The first-order valence-corrected chi connectivity index (χ1v) is 11.6. The molecule has 0 radical (unpaired) electrons. The molecule has 0 saturated carbocycles. The summed E-state index contributed by atoms with van der Waals surface area (Å²) in [5.41, 5.74) is 0. The van der Waals surface area contributed by atoms with Crippen LogP contribution in [0.3, 0.4) is 0 Å². The van der Waals surface area contributed by atoms with Crippen molar-refractivity contribution in [2.75, 3.05) is 46.9 Å². The summed E-state index contributed by atoms with van der Waals surface area (Å²) < 4.78 is 38.9. The van der Waals surface area contributed by atoms with Crippen molar-refractivity contribution in [3.8, 4) is 11.5 Å². The largest absolute Gasteiger partial charge is 0.490 e. The van der Waals surface area contributed by atoms with Crippen LogP contribution in [0.4, 0.5) is 0 Å². The average molecular weight is 428 g/mol. The summed E-state index contributed by atoms with van der Waals surface area (Å²) in [4.78, 5) is 16.1. The first-order valence-electron chi connectivity index (χ1n) is 10.1. The highest BCUT2D eigenvalue weighted by Gasteiger charge is 2.31. The highest BCUT2D eigenvalue weighted by Crippen LogP contribution is 2.30. The van der Waals surface area contributed by atoms with Crippen LogP contribution in [-0.4, -0.2) is 77.1 Å². The highest BCUT2D eigenvalue weighted by molar-refractivity contribution is 7.89. The van der Waals surface area contributed by atoms with E-state index in [1.54, 1.807) is 25.1 Å². The van der Waals surface area contributed by atoms with Crippen LogP contribution < -0.4 is 14.2 Å². The SMILES string of the molecule is CCOc1ccc(S(=O)(=O)NCCCN2CCCC2C(=O)N(C)C)cc1OCC. The molecule has 8 nitrogen and oxygen atoms in total. The monoisotopic (exact) mass is 427 g/mol. The Hall–Kier alpha value is -1.84. The van der Waals surface area contributed by atoms with Gasteiger partial charge < -0.3 is 14.4 Å². The lowest BCUT2D eigenvalue weighted by Crippen LogP contribution is -2.43. The van der Waals surface area contributed by atoms with Gasteiger partial charge in [-0.15, -0.1) is 0 Å². The number of benzene rings is 1. The van der Waals surface area contributed by atoms with E-state index >= 15 is 0 Å². The van der Waals surface area contributed by atoms with E-state index < -0.39 is 10.0 Å². The molecule has 1 unspecified atom stereocenters. The van der Waals surface area contributed by atoms with E-state index in [0.717, 1.165) is 19.4 Å². The molecule has 1 aromatic carbocycles. The van der Waals surface area contributed by atoms with Gasteiger partial charge in [0, 0.05) is 33.3 Å². The fourth-order valence-electron chi connectivity index (χ4n) is 3.44. The molecular weight excluding hydrogens is 394 g/mol. The van der Waals surface area contributed by atoms with Gasteiger partial charge in [-0.3, -0.25) is 9.69 Å². The topological polar surface area (TPSA) is 88.2 Å². The lowest BCUT2D eigenvalue weighted by Gasteiger charge is -2.26. The molecule has 1 aliphatic rings. The zero-order valence-electron chi connectivity index (χ0n) is 17.8. The van der Waals surface area contributed by atoms with E-state index in [0.29, 0.717) is 44.2 Å². The molecule has 0 spiro atoms. The van der Waals surface area contributed by atoms with Crippen molar-refractivity contribution >= 4 is 15.9 Å². The smallest absolute Gasteiger partial charge is 0.240 e. The number of carbonyl (C=O) groups excluding carboxylic acids is 1. The number of amides is 1. The van der Waals surface area contributed by atoms with Crippen LogP contribution in [0.15, 0.2) is 23.1 Å². The maximum atomic E-state index is 12.6. The number of nitrogens with zero attached hydrogens (tertiary/aromatic N) is 2. The van der Waals surface area contributed by atoms with Gasteiger partial charge in [0.05, 0.1) is 24.2 Å². The van der Waals surface area contributed by atoms with Crippen molar-refractivity contribution in [1.82, 2.24) is 14.5 Å². The minimum absolute atomic E-state index is 0.0959. The lowest BCUT2D eigenvalue weighted by atomic mass is 10.2. The Morgan fingerprint density at radius 2 is 1.90 bits per heavy atom. The molecule has 1 aromatic rings. The second-order valence-electron chi connectivity index (χ2n) is 7.15. The van der Waals surface area contributed by atoms with Crippen LogP contribution in [0.25, 0.3) is 0 Å². The second-order valence-corrected chi connectivity index (χ2v) is 8.92. The van der Waals surface area contributed by atoms with E-state index in [2.05, 4.69) is 9.62 Å². The van der Waals surface area contributed by atoms with Gasteiger partial charge in [0.25, 0.3) is 0 Å². The van der Waals surface area contributed by atoms with Crippen LogP contribution in [0.5, 0.6) is 11.5 Å². The van der Waals surface area contributed by atoms with Gasteiger partial charge in [0.1, 0.15) is 0 Å². The minimum Gasteiger partial charge on any atom is -0.490 e. The van der Waals surface area contributed by atoms with E-state index in [1.807, 2.05) is 13.8 Å². The summed E-state index contributed by atoms with van der Waals surface area (Å²) in [6.45, 7) is 6.44. The van der Waals surface area contributed by atoms with Crippen LogP contribution in [0, 0.1) is 0 Å². The van der Waals surface area contributed by atoms with E-state index in [-0.39, 0.29) is 16.8 Å². The molecule has 9 heteroatoms. The zero-order chi connectivity index (χ0) is 21.4. The van der Waals surface area contributed by atoms with E-state index in [4.69, 9.17) is 9.47 Å². The number of sulfonamides is 1. The molecule has 2 rings (SSSR count). The lowest BCUT2D eigenvalue weighted by molar-refractivity contribution is -0.133. The first kappa shape index (κ1) is 23.4. The molecule has 0 aliphatic carbocycles. The van der Waals surface area contributed by atoms with Crippen molar-refractivity contribution in [3.63, 3.8) is 0 Å². The first-order chi connectivity index (χ1) is 13.8. The summed E-state index contributed by atoms with van der Waals surface area (Å²) in [6.07, 6.45) is 2.48. The molecule has 1 saturated heterocycles. The molecule has 1 fully saturated rings. The van der Waals surface area contributed by atoms with Crippen molar-refractivity contribution < 1.29 is 22.7 Å². The minimum atomic E-state index is -3.65. The summed E-state index contributed by atoms with van der Waals surface area (Å²) in [5.74, 6) is 1.05. The van der Waals surface area contributed by atoms with Gasteiger partial charge in [0.15, 0.2) is 11.5 Å². The average Bonchev–Trinajstić information content (AvgIpc) is 3.14. The Morgan fingerprint density at radius 3 is 2.55 bits per heavy atom. The number of nitrogens with one attached hydrogen (secondary N) is 1. The number of likely N-dealkylation sites (N-methyl/N-ethyl adjacent to an activating group) is 1. The normalized spacial score (nSPS) is 17.3. The maximum Gasteiger partial charge on any atom is 0.240 e. The number of hydrogen-bond donors (Lipinski definition) is 1. The predicted molar refractivity (Wildman–Crippen MR) is 112 cm³/mol. The third-order valence-corrected chi connectivity index (χ3v) is 6.29. The summed E-state index contributed by atoms with van der Waals surface area (Å²) >= 11 is 0. The molecule has 0 bridgehead atoms.